The van der Waals surface area contributed by atoms with Crippen LogP contribution in [0.4, 0.5) is 0 Å². The van der Waals surface area contributed by atoms with Crippen molar-refractivity contribution in [1.29, 1.82) is 0 Å². The predicted molar refractivity (Wildman–Crippen MR) is 129 cm³/mol. The van der Waals surface area contributed by atoms with E-state index < -0.39 is 7.14 Å². The molecule has 3 nitrogen and oxygen atoms in total. The summed E-state index contributed by atoms with van der Waals surface area (Å²) >= 11 is 0. The molecule has 0 saturated heterocycles. The lowest BCUT2D eigenvalue weighted by Gasteiger charge is -2.28. The Morgan fingerprint density at radius 2 is 1.07 bits per heavy atom. The standard InChI is InChI=1S/C21H34B3N2OP/c1-25(2,22)15-13-18-5-9-20(10-6-18)28(24,17-27)21-11-7-19(8-12-21)14-16-26(3,4)23/h5-12,27H,13-17H2,1-4,24H3/q+2. The van der Waals surface area contributed by atoms with Crippen LogP contribution in [-0.2, 0) is 12.8 Å². The summed E-state index contributed by atoms with van der Waals surface area (Å²) in [5, 5.41) is 13.0. The number of hydrogen-bond donors (Lipinski definition) is 1. The quantitative estimate of drug-likeness (QED) is 0.479. The topological polar surface area (TPSA) is 20.2 Å². The molecule has 0 aliphatic rings. The Balaban J connectivity index is 2.15. The second-order valence-corrected chi connectivity index (χ2v) is 10.6. The van der Waals surface area contributed by atoms with Gasteiger partial charge in [0, 0.05) is 41.0 Å². The van der Waals surface area contributed by atoms with Crippen LogP contribution >= 0.6 is 7.14 Å². The van der Waals surface area contributed by atoms with E-state index in [2.05, 4.69) is 48.5 Å². The van der Waals surface area contributed by atoms with E-state index in [-0.39, 0.29) is 13.9 Å². The number of likely N-dealkylation sites (N-methyl/N-ethyl adjacent to an activating group) is 2. The van der Waals surface area contributed by atoms with Gasteiger partial charge in [-0.15, -0.1) is 0 Å². The Kier molecular flexibility index (Phi) is 7.61. The van der Waals surface area contributed by atoms with Crippen molar-refractivity contribution in [2.24, 2.45) is 0 Å². The van der Waals surface area contributed by atoms with Crippen molar-refractivity contribution in [3.8, 4) is 0 Å². The molecule has 2 aromatic rings. The largest absolute Gasteiger partial charge is 0.480 e. The maximum atomic E-state index is 10.3. The van der Waals surface area contributed by atoms with E-state index in [1.54, 1.807) is 0 Å². The van der Waals surface area contributed by atoms with E-state index >= 15 is 0 Å². The Hall–Kier alpha value is -1.06. The van der Waals surface area contributed by atoms with Crippen LogP contribution < -0.4 is 10.6 Å². The molecule has 2 rings (SSSR count). The zero-order valence-electron chi connectivity index (χ0n) is 17.1. The highest BCUT2D eigenvalue weighted by molar-refractivity contribution is 8.08. The van der Waals surface area contributed by atoms with Gasteiger partial charge in [-0.3, -0.25) is 0 Å². The number of aliphatic hydroxyl groups excluding tert-OH is 1. The zero-order chi connectivity index (χ0) is 21.0. The van der Waals surface area contributed by atoms with E-state index in [1.165, 1.54) is 21.7 Å². The van der Waals surface area contributed by atoms with Gasteiger partial charge in [0.2, 0.25) is 0 Å². The molecule has 146 valence electrons. The van der Waals surface area contributed by atoms with E-state index in [1.807, 2.05) is 28.2 Å². The van der Waals surface area contributed by atoms with Crippen LogP contribution in [0.15, 0.2) is 48.5 Å². The van der Waals surface area contributed by atoms with Gasteiger partial charge in [-0.1, -0.05) is 31.4 Å². The summed E-state index contributed by atoms with van der Waals surface area (Å²) in [5.74, 6) is 0. The Morgan fingerprint density at radius 3 is 1.32 bits per heavy atom. The average molecular weight is 394 g/mol. The number of quaternary nitrogens is 2. The van der Waals surface area contributed by atoms with Crippen molar-refractivity contribution in [3.63, 3.8) is 0 Å². The first-order valence-electron chi connectivity index (χ1n) is 9.37. The first kappa shape index (κ1) is 23.2. The molecule has 28 heavy (non-hydrogen) atoms. The van der Waals surface area contributed by atoms with Crippen LogP contribution in [0.2, 0.25) is 0 Å². The summed E-state index contributed by atoms with van der Waals surface area (Å²) in [6, 6.07) is 17.8. The number of aliphatic hydroxyl groups is 1. The molecular weight excluding hydrogens is 360 g/mol. The molecule has 0 fully saturated rings. The van der Waals surface area contributed by atoms with Gasteiger partial charge in [-0.2, -0.15) is 0 Å². The second kappa shape index (κ2) is 9.18. The van der Waals surface area contributed by atoms with Crippen molar-refractivity contribution < 1.29 is 13.9 Å². The molecule has 0 unspecified atom stereocenters. The first-order valence-corrected chi connectivity index (χ1v) is 10.9. The van der Waals surface area contributed by atoms with Crippen LogP contribution in [0.5, 0.6) is 0 Å². The maximum Gasteiger partial charge on any atom is 0.480 e. The molecule has 0 bridgehead atoms. The second-order valence-electron chi connectivity index (χ2n) is 8.41. The van der Waals surface area contributed by atoms with Gasteiger partial charge in [-0.05, 0) is 35.4 Å². The van der Waals surface area contributed by atoms with Crippen LogP contribution in [0.25, 0.3) is 0 Å². The molecular formula is C21H34B3N2OP+2. The van der Waals surface area contributed by atoms with Gasteiger partial charge < -0.3 is 13.9 Å². The SMILES string of the molecule is [B][N+](C)(C)CCc1ccc([P+]([BH3-])(CO)c2ccc(CC[N+]([B])(C)C)cc2)cc1. The maximum absolute atomic E-state index is 10.3. The lowest BCUT2D eigenvalue weighted by molar-refractivity contribution is -0.772. The summed E-state index contributed by atoms with van der Waals surface area (Å²) in [6.07, 6.45) is 2.22. The number of nitrogens with zero attached hydrogens (tertiary/aromatic N) is 2. The van der Waals surface area contributed by atoms with Gasteiger partial charge in [0.25, 0.3) is 0 Å². The fourth-order valence-electron chi connectivity index (χ4n) is 2.83. The van der Waals surface area contributed by atoms with E-state index in [4.69, 9.17) is 16.0 Å². The fraction of sp³-hybridized carbons (Fsp3) is 0.429. The van der Waals surface area contributed by atoms with Crippen molar-refractivity contribution in [3.05, 3.63) is 59.7 Å². The summed E-state index contributed by atoms with van der Waals surface area (Å²) in [4.78, 5) is 0. The van der Waals surface area contributed by atoms with Crippen molar-refractivity contribution >= 4 is 41.3 Å². The molecule has 2 aromatic carbocycles. The minimum Gasteiger partial charge on any atom is -0.401 e. The summed E-state index contributed by atoms with van der Waals surface area (Å²) in [7, 11) is 18.5. The number of benzene rings is 2. The van der Waals surface area contributed by atoms with Crippen LogP contribution in [0.1, 0.15) is 11.1 Å². The third kappa shape index (κ3) is 6.78. The minimum absolute atomic E-state index is 0.0630. The third-order valence-electron chi connectivity index (χ3n) is 4.59. The summed E-state index contributed by atoms with van der Waals surface area (Å²) < 4.78 is 0.961. The van der Waals surface area contributed by atoms with Gasteiger partial charge in [0.1, 0.15) is 13.9 Å². The first-order chi connectivity index (χ1) is 12.9. The fourth-order valence-corrected chi connectivity index (χ4v) is 4.47. The number of hydrogen-bond acceptors (Lipinski definition) is 1. The average Bonchev–Trinajstić information content (AvgIpc) is 2.64. The van der Waals surface area contributed by atoms with E-state index in [0.717, 1.165) is 25.9 Å². The van der Waals surface area contributed by atoms with E-state index in [0.29, 0.717) is 8.79 Å². The Labute approximate surface area is 175 Å². The van der Waals surface area contributed by atoms with Gasteiger partial charge >= 0.3 is 16.0 Å². The van der Waals surface area contributed by atoms with Crippen LogP contribution in [-0.4, -0.2) is 85.1 Å². The molecule has 0 atom stereocenters. The smallest absolute Gasteiger partial charge is 0.401 e. The van der Waals surface area contributed by atoms with Crippen molar-refractivity contribution in [2.45, 2.75) is 12.8 Å². The van der Waals surface area contributed by atoms with Gasteiger partial charge in [0.05, 0.1) is 23.7 Å². The molecule has 7 heteroatoms. The molecule has 0 aromatic heterocycles. The lowest BCUT2D eigenvalue weighted by atomic mass is 10.1. The highest BCUT2D eigenvalue weighted by Crippen LogP contribution is 2.50. The predicted octanol–water partition coefficient (Wildman–Crippen LogP) is 0.290. The molecule has 0 aliphatic carbocycles. The molecule has 0 saturated carbocycles. The molecule has 0 heterocycles. The Bertz CT molecular complexity index is 692. The zero-order valence-corrected chi connectivity index (χ0v) is 18.0. The molecule has 4 radical (unpaired) electrons. The monoisotopic (exact) mass is 394 g/mol. The van der Waals surface area contributed by atoms with Gasteiger partial charge in [-0.25, -0.2) is 0 Å². The highest BCUT2D eigenvalue weighted by atomic mass is 31.2. The normalized spacial score (nSPS) is 12.9. The number of rotatable bonds is 9. The molecule has 0 aliphatic heterocycles. The third-order valence-corrected chi connectivity index (χ3v) is 6.72. The molecule has 0 spiro atoms. The van der Waals surface area contributed by atoms with Gasteiger partial charge in [0.15, 0.2) is 0 Å². The lowest BCUT2D eigenvalue weighted by Crippen LogP contribution is -2.38. The van der Waals surface area contributed by atoms with Crippen LogP contribution in [0, 0.1) is 0 Å². The molecule has 0 amide bonds. The summed E-state index contributed by atoms with van der Waals surface area (Å²) in [5.41, 5.74) is 2.62. The van der Waals surface area contributed by atoms with E-state index in [9.17, 15) is 5.11 Å². The van der Waals surface area contributed by atoms with Crippen LogP contribution in [0.3, 0.4) is 0 Å². The minimum atomic E-state index is -1.55. The van der Waals surface area contributed by atoms with Crippen molar-refractivity contribution in [1.82, 2.24) is 0 Å². The summed E-state index contributed by atoms with van der Waals surface area (Å²) in [6.45, 7) is 1.82. The Morgan fingerprint density at radius 1 is 0.750 bits per heavy atom. The van der Waals surface area contributed by atoms with Crippen molar-refractivity contribution in [2.75, 3.05) is 47.6 Å². The molecule has 1 N–H and O–H groups in total. The highest BCUT2D eigenvalue weighted by Gasteiger charge is 2.29.